The van der Waals surface area contributed by atoms with Crippen LogP contribution in [-0.2, 0) is 16.4 Å². The van der Waals surface area contributed by atoms with Crippen LogP contribution in [0.5, 0.6) is 0 Å². The van der Waals surface area contributed by atoms with Crippen molar-refractivity contribution in [2.24, 2.45) is 0 Å². The first-order valence-corrected chi connectivity index (χ1v) is 10.8. The highest BCUT2D eigenvalue weighted by atomic mass is 32.2. The molecule has 2 atom stereocenters. The van der Waals surface area contributed by atoms with E-state index in [0.717, 1.165) is 28.8 Å². The van der Waals surface area contributed by atoms with Crippen molar-refractivity contribution in [3.05, 3.63) is 83.9 Å². The zero-order chi connectivity index (χ0) is 19.3. The molecule has 5 rings (SSSR count). The number of pyridine rings is 1. The maximum atomic E-state index is 13.2. The monoisotopic (exact) mass is 394 g/mol. The normalized spacial score (nSPS) is 22.8. The van der Waals surface area contributed by atoms with E-state index in [9.17, 15) is 12.8 Å². The van der Waals surface area contributed by atoms with Gasteiger partial charge >= 0.3 is 0 Å². The van der Waals surface area contributed by atoms with Crippen LogP contribution in [0.4, 0.5) is 4.39 Å². The Balaban J connectivity index is 1.48. The van der Waals surface area contributed by atoms with Crippen molar-refractivity contribution in [3.63, 3.8) is 0 Å². The van der Waals surface area contributed by atoms with Gasteiger partial charge in [0.25, 0.3) is 0 Å². The van der Waals surface area contributed by atoms with Crippen LogP contribution < -0.4 is 0 Å². The third kappa shape index (κ3) is 2.84. The molecule has 0 radical (unpaired) electrons. The largest absolute Gasteiger partial charge is 0.297 e. The van der Waals surface area contributed by atoms with E-state index in [4.69, 9.17) is 0 Å². The summed E-state index contributed by atoms with van der Waals surface area (Å²) in [5.74, 6) is -0.308. The maximum Gasteiger partial charge on any atom is 0.183 e. The van der Waals surface area contributed by atoms with E-state index in [1.54, 1.807) is 30.6 Å². The third-order valence-corrected chi connectivity index (χ3v) is 8.05. The second-order valence-electron chi connectivity index (χ2n) is 7.50. The lowest BCUT2D eigenvalue weighted by Gasteiger charge is -2.17. The van der Waals surface area contributed by atoms with E-state index in [1.165, 1.54) is 12.1 Å². The van der Waals surface area contributed by atoms with Crippen molar-refractivity contribution < 1.29 is 12.8 Å². The Hall–Kier alpha value is -2.57. The number of likely N-dealkylation sites (tertiary alicyclic amines) is 1. The van der Waals surface area contributed by atoms with Crippen LogP contribution in [0.2, 0.25) is 0 Å². The summed E-state index contributed by atoms with van der Waals surface area (Å²) in [5, 5.41) is -0.396. The van der Waals surface area contributed by atoms with Gasteiger partial charge in [0.1, 0.15) is 5.82 Å². The summed E-state index contributed by atoms with van der Waals surface area (Å²) >= 11 is 0. The smallest absolute Gasteiger partial charge is 0.183 e. The first-order valence-electron chi connectivity index (χ1n) is 9.27. The average molecular weight is 394 g/mol. The van der Waals surface area contributed by atoms with E-state index in [1.807, 2.05) is 24.3 Å². The fourth-order valence-corrected chi connectivity index (χ4v) is 6.62. The Morgan fingerprint density at radius 2 is 1.68 bits per heavy atom. The summed E-state index contributed by atoms with van der Waals surface area (Å²) in [4.78, 5) is 6.70. The summed E-state index contributed by atoms with van der Waals surface area (Å²) in [6.07, 6.45) is 3.51. The van der Waals surface area contributed by atoms with Gasteiger partial charge in [-0.3, -0.25) is 9.88 Å². The molecular weight excluding hydrogens is 375 g/mol. The SMILES string of the molecule is O=S1(=O)c2ccc(-c3ccc(F)cc3)cc2[C@@H]2CN(Cc3ccncc3)C[C@@H]21. The van der Waals surface area contributed by atoms with Crippen LogP contribution in [-0.4, -0.2) is 36.6 Å². The van der Waals surface area contributed by atoms with Crippen molar-refractivity contribution in [2.45, 2.75) is 22.6 Å². The second-order valence-corrected chi connectivity index (χ2v) is 9.63. The van der Waals surface area contributed by atoms with E-state index < -0.39 is 15.1 Å². The Kier molecular flexibility index (Phi) is 4.07. The molecule has 2 aromatic carbocycles. The Morgan fingerprint density at radius 3 is 2.43 bits per heavy atom. The molecule has 1 aromatic heterocycles. The molecule has 0 saturated carbocycles. The summed E-state index contributed by atoms with van der Waals surface area (Å²) in [6.45, 7) is 1.97. The first kappa shape index (κ1) is 17.5. The summed E-state index contributed by atoms with van der Waals surface area (Å²) < 4.78 is 39.4. The van der Waals surface area contributed by atoms with E-state index >= 15 is 0 Å². The third-order valence-electron chi connectivity index (χ3n) is 5.79. The Labute approximate surface area is 163 Å². The van der Waals surface area contributed by atoms with Crippen LogP contribution in [0, 0.1) is 5.82 Å². The van der Waals surface area contributed by atoms with Crippen LogP contribution in [0.1, 0.15) is 17.0 Å². The van der Waals surface area contributed by atoms with Gasteiger partial charge in [0, 0.05) is 37.9 Å². The molecule has 3 heterocycles. The fraction of sp³-hybridized carbons (Fsp3) is 0.227. The number of aromatic nitrogens is 1. The molecular formula is C22H19FN2O2S. The summed E-state index contributed by atoms with van der Waals surface area (Å²) in [6, 6.07) is 15.7. The molecule has 1 saturated heterocycles. The molecule has 2 aliphatic heterocycles. The number of rotatable bonds is 3. The molecule has 0 aliphatic carbocycles. The minimum atomic E-state index is -3.33. The van der Waals surface area contributed by atoms with Crippen molar-refractivity contribution in [1.29, 1.82) is 0 Å². The lowest BCUT2D eigenvalue weighted by atomic mass is 9.94. The van der Waals surface area contributed by atoms with Gasteiger partial charge in [0.15, 0.2) is 9.84 Å². The average Bonchev–Trinajstić information content (AvgIpc) is 3.21. The molecule has 3 aromatic rings. The van der Waals surface area contributed by atoms with Gasteiger partial charge in [-0.1, -0.05) is 18.2 Å². The van der Waals surface area contributed by atoms with Gasteiger partial charge in [-0.2, -0.15) is 0 Å². The molecule has 6 heteroatoms. The number of nitrogens with zero attached hydrogens (tertiary/aromatic N) is 2. The number of hydrogen-bond acceptors (Lipinski definition) is 4. The van der Waals surface area contributed by atoms with Gasteiger partial charge < -0.3 is 0 Å². The van der Waals surface area contributed by atoms with Gasteiger partial charge in [0.2, 0.25) is 0 Å². The molecule has 4 nitrogen and oxygen atoms in total. The predicted molar refractivity (Wildman–Crippen MR) is 105 cm³/mol. The Morgan fingerprint density at radius 1 is 0.964 bits per heavy atom. The Bertz CT molecular complexity index is 1130. The highest BCUT2D eigenvalue weighted by molar-refractivity contribution is 7.92. The fourth-order valence-electron chi connectivity index (χ4n) is 4.42. The number of halogens is 1. The lowest BCUT2D eigenvalue weighted by Crippen LogP contribution is -2.25. The topological polar surface area (TPSA) is 50.3 Å². The van der Waals surface area contributed by atoms with Crippen molar-refractivity contribution >= 4 is 9.84 Å². The molecule has 0 spiro atoms. The number of benzene rings is 2. The zero-order valence-corrected chi connectivity index (χ0v) is 15.9. The summed E-state index contributed by atoms with van der Waals surface area (Å²) in [7, 11) is -3.33. The molecule has 0 N–H and O–H groups in total. The highest BCUT2D eigenvalue weighted by Crippen LogP contribution is 2.46. The van der Waals surface area contributed by atoms with Gasteiger partial charge in [-0.05, 0) is 58.7 Å². The highest BCUT2D eigenvalue weighted by Gasteiger charge is 2.50. The molecule has 2 aliphatic rings. The van der Waals surface area contributed by atoms with Crippen LogP contribution in [0.3, 0.4) is 0 Å². The first-order chi connectivity index (χ1) is 13.5. The van der Waals surface area contributed by atoms with E-state index in [-0.39, 0.29) is 11.7 Å². The predicted octanol–water partition coefficient (Wildman–Crippen LogP) is 3.64. The lowest BCUT2D eigenvalue weighted by molar-refractivity contribution is 0.325. The van der Waals surface area contributed by atoms with Crippen molar-refractivity contribution in [1.82, 2.24) is 9.88 Å². The van der Waals surface area contributed by atoms with E-state index in [0.29, 0.717) is 18.0 Å². The molecule has 142 valence electrons. The zero-order valence-electron chi connectivity index (χ0n) is 15.1. The summed E-state index contributed by atoms with van der Waals surface area (Å²) in [5.41, 5.74) is 3.83. The molecule has 0 bridgehead atoms. The standard InChI is InChI=1S/C22H19FN2O2S/c23-18-4-1-16(2-5-18)17-3-6-21-19(11-17)20-13-25(14-22(20)28(21,26)27)12-15-7-9-24-10-8-15/h1-11,20,22H,12-14H2/t20-,22-/m0/s1. The van der Waals surface area contributed by atoms with Crippen LogP contribution in [0.15, 0.2) is 71.9 Å². The minimum Gasteiger partial charge on any atom is -0.297 e. The molecule has 0 amide bonds. The number of fused-ring (bicyclic) bond motifs is 3. The van der Waals surface area contributed by atoms with Gasteiger partial charge in [-0.25, -0.2) is 12.8 Å². The van der Waals surface area contributed by atoms with Crippen LogP contribution >= 0.6 is 0 Å². The number of hydrogen-bond donors (Lipinski definition) is 0. The van der Waals surface area contributed by atoms with Crippen LogP contribution in [0.25, 0.3) is 11.1 Å². The van der Waals surface area contributed by atoms with Crippen molar-refractivity contribution in [2.75, 3.05) is 13.1 Å². The van der Waals surface area contributed by atoms with Gasteiger partial charge in [0.05, 0.1) is 10.1 Å². The number of sulfone groups is 1. The molecule has 1 fully saturated rings. The maximum absolute atomic E-state index is 13.2. The van der Waals surface area contributed by atoms with Crippen molar-refractivity contribution in [3.8, 4) is 11.1 Å². The van der Waals surface area contributed by atoms with E-state index in [2.05, 4.69) is 9.88 Å². The molecule has 28 heavy (non-hydrogen) atoms. The van der Waals surface area contributed by atoms with Gasteiger partial charge in [-0.15, -0.1) is 0 Å². The second kappa shape index (κ2) is 6.50. The minimum absolute atomic E-state index is 0.0257. The molecule has 0 unspecified atom stereocenters. The quantitative estimate of drug-likeness (QED) is 0.681.